The molecule has 0 spiro atoms. The van der Waals surface area contributed by atoms with Gasteiger partial charge in [-0.3, -0.25) is 0 Å². The normalized spacial score (nSPS) is 9.31. The van der Waals surface area contributed by atoms with E-state index < -0.39 is 5.97 Å². The highest BCUT2D eigenvalue weighted by molar-refractivity contribution is 7.82. The zero-order valence-electron chi connectivity index (χ0n) is 6.36. The van der Waals surface area contributed by atoms with Gasteiger partial charge in [-0.25, -0.2) is 4.79 Å². The molecular weight excluding hydrogens is 212 g/mol. The first kappa shape index (κ1) is 9.95. The summed E-state index contributed by atoms with van der Waals surface area (Å²) in [5.74, 6) is -0.703. The van der Waals surface area contributed by atoms with Gasteiger partial charge in [-0.2, -0.15) is 0 Å². The number of carboxylic acid groups (broad SMARTS) is 1. The maximum Gasteiger partial charge on any atom is 0.335 e. The lowest BCUT2D eigenvalue weighted by Gasteiger charge is -2.01. The molecule has 0 amide bonds. The summed E-state index contributed by atoms with van der Waals surface area (Å²) in [6.07, 6.45) is 0. The molecule has 0 saturated heterocycles. The van der Waals surface area contributed by atoms with Gasteiger partial charge in [0.05, 0.1) is 5.56 Å². The molecule has 0 bridgehead atoms. The number of halogens is 1. The number of thiocarbonyl (C=S) groups is 1. The molecule has 0 fully saturated rings. The van der Waals surface area contributed by atoms with Crippen LogP contribution in [-0.2, 0) is 0 Å². The van der Waals surface area contributed by atoms with Crippen LogP contribution in [0, 0.1) is 0 Å². The summed E-state index contributed by atoms with van der Waals surface area (Å²) in [6, 6.07) is 5.92. The summed E-state index contributed by atoms with van der Waals surface area (Å²) in [6.45, 7) is 0. The monoisotopic (exact) mass is 216 g/mol. The highest BCUT2D eigenvalue weighted by atomic mass is 35.5. The lowest BCUT2D eigenvalue weighted by molar-refractivity contribution is 0.0696. The van der Waals surface area contributed by atoms with Crippen LogP contribution in [0.5, 0.6) is 5.75 Å². The molecule has 13 heavy (non-hydrogen) atoms. The number of carbonyl (C=O) groups is 1. The zero-order chi connectivity index (χ0) is 9.84. The summed E-state index contributed by atoms with van der Waals surface area (Å²) in [5.41, 5.74) is 0.130. The van der Waals surface area contributed by atoms with Gasteiger partial charge < -0.3 is 9.84 Å². The largest absolute Gasteiger partial charge is 0.478 e. The molecule has 0 unspecified atom stereocenters. The topological polar surface area (TPSA) is 46.5 Å². The van der Waals surface area contributed by atoms with Crippen molar-refractivity contribution in [3.05, 3.63) is 29.8 Å². The van der Waals surface area contributed by atoms with Crippen LogP contribution < -0.4 is 4.74 Å². The van der Waals surface area contributed by atoms with Crippen molar-refractivity contribution >= 4 is 34.3 Å². The second-order valence-electron chi connectivity index (χ2n) is 2.17. The molecule has 0 aliphatic carbocycles. The quantitative estimate of drug-likeness (QED) is 0.609. The third-order valence-corrected chi connectivity index (χ3v) is 1.44. The van der Waals surface area contributed by atoms with Gasteiger partial charge in [0.25, 0.3) is 4.51 Å². The van der Waals surface area contributed by atoms with Gasteiger partial charge >= 0.3 is 5.97 Å². The van der Waals surface area contributed by atoms with Crippen LogP contribution in [0.15, 0.2) is 24.3 Å². The van der Waals surface area contributed by atoms with Crippen molar-refractivity contribution in [2.45, 2.75) is 0 Å². The average Bonchev–Trinajstić information content (AvgIpc) is 2.03. The number of benzene rings is 1. The highest BCUT2D eigenvalue weighted by Gasteiger charge is 2.04. The van der Waals surface area contributed by atoms with Gasteiger partial charge in [0.15, 0.2) is 0 Å². The van der Waals surface area contributed by atoms with Crippen LogP contribution in [0.2, 0.25) is 0 Å². The Bertz CT molecular complexity index is 351. The van der Waals surface area contributed by atoms with E-state index in [0.29, 0.717) is 5.75 Å². The van der Waals surface area contributed by atoms with Crippen LogP contribution in [0.1, 0.15) is 10.4 Å². The summed E-state index contributed by atoms with van der Waals surface area (Å²) < 4.78 is 4.67. The first-order valence-electron chi connectivity index (χ1n) is 3.30. The van der Waals surface area contributed by atoms with E-state index in [2.05, 4.69) is 12.2 Å². The van der Waals surface area contributed by atoms with Crippen molar-refractivity contribution in [2.24, 2.45) is 0 Å². The molecule has 0 heterocycles. The first-order valence-corrected chi connectivity index (χ1v) is 4.09. The molecule has 3 nitrogen and oxygen atoms in total. The van der Waals surface area contributed by atoms with Crippen LogP contribution in [-0.4, -0.2) is 15.6 Å². The van der Waals surface area contributed by atoms with Crippen molar-refractivity contribution in [3.63, 3.8) is 0 Å². The first-order chi connectivity index (χ1) is 6.09. The highest BCUT2D eigenvalue weighted by Crippen LogP contribution is 2.14. The van der Waals surface area contributed by atoms with Crippen molar-refractivity contribution in [2.75, 3.05) is 0 Å². The second-order valence-corrected chi connectivity index (χ2v) is 3.11. The molecule has 0 aliphatic heterocycles. The molecule has 1 N–H and O–H groups in total. The van der Waals surface area contributed by atoms with Crippen molar-refractivity contribution < 1.29 is 14.6 Å². The summed E-state index contributed by atoms with van der Waals surface area (Å²) in [5, 5.41) is 8.62. The van der Waals surface area contributed by atoms with E-state index in [1.54, 1.807) is 12.1 Å². The predicted octanol–water partition coefficient (Wildman–Crippen LogP) is 2.29. The number of carboxylic acids is 1. The van der Waals surface area contributed by atoms with Gasteiger partial charge in [0.1, 0.15) is 5.75 Å². The van der Waals surface area contributed by atoms with E-state index in [0.717, 1.165) is 0 Å². The van der Waals surface area contributed by atoms with Gasteiger partial charge in [0, 0.05) is 0 Å². The standard InChI is InChI=1S/C8H5ClO3S/c9-8(13)12-6-3-1-2-5(4-6)7(10)11/h1-4H,(H,10,11). The average molecular weight is 217 g/mol. The molecule has 1 rings (SSSR count). The molecule has 5 heteroatoms. The predicted molar refractivity (Wildman–Crippen MR) is 52.5 cm³/mol. The maximum atomic E-state index is 10.5. The third kappa shape index (κ3) is 3.01. The number of rotatable bonds is 2. The summed E-state index contributed by atoms with van der Waals surface area (Å²) in [4.78, 5) is 10.5. The van der Waals surface area contributed by atoms with Crippen molar-refractivity contribution in [3.8, 4) is 5.75 Å². The maximum absolute atomic E-state index is 10.5. The van der Waals surface area contributed by atoms with Gasteiger partial charge in [0.2, 0.25) is 0 Å². The molecule has 0 radical (unpaired) electrons. The minimum absolute atomic E-state index is 0.130. The molecule has 0 saturated carbocycles. The van der Waals surface area contributed by atoms with E-state index in [-0.39, 0.29) is 10.1 Å². The lowest BCUT2D eigenvalue weighted by Crippen LogP contribution is -1.99. The Labute approximate surface area is 84.9 Å². The van der Waals surface area contributed by atoms with E-state index >= 15 is 0 Å². The van der Waals surface area contributed by atoms with Crippen LogP contribution in [0.4, 0.5) is 0 Å². The number of aromatic carboxylic acids is 1. The van der Waals surface area contributed by atoms with Crippen molar-refractivity contribution in [1.29, 1.82) is 0 Å². The van der Waals surface area contributed by atoms with E-state index in [1.165, 1.54) is 12.1 Å². The Morgan fingerprint density at radius 3 is 2.77 bits per heavy atom. The van der Waals surface area contributed by atoms with Gasteiger partial charge in [-0.05, 0) is 42.0 Å². The fraction of sp³-hybridized carbons (Fsp3) is 0. The van der Waals surface area contributed by atoms with E-state index in [1.807, 2.05) is 0 Å². The Kier molecular flexibility index (Phi) is 3.22. The van der Waals surface area contributed by atoms with Crippen LogP contribution in [0.25, 0.3) is 0 Å². The lowest BCUT2D eigenvalue weighted by atomic mass is 10.2. The smallest absolute Gasteiger partial charge is 0.335 e. The number of hydrogen-bond acceptors (Lipinski definition) is 3. The molecule has 0 atom stereocenters. The minimum Gasteiger partial charge on any atom is -0.478 e. The molecule has 0 aromatic heterocycles. The molecule has 1 aromatic carbocycles. The van der Waals surface area contributed by atoms with Crippen LogP contribution in [0.3, 0.4) is 0 Å². The molecule has 1 aromatic rings. The molecule has 0 aliphatic rings. The van der Waals surface area contributed by atoms with E-state index in [4.69, 9.17) is 21.4 Å². The number of ether oxygens (including phenoxy) is 1. The number of hydrogen-bond donors (Lipinski definition) is 1. The van der Waals surface area contributed by atoms with Crippen molar-refractivity contribution in [1.82, 2.24) is 0 Å². The Morgan fingerprint density at radius 2 is 2.23 bits per heavy atom. The van der Waals surface area contributed by atoms with E-state index in [9.17, 15) is 4.79 Å². The second kappa shape index (κ2) is 4.20. The Hall–Kier alpha value is -1.13. The van der Waals surface area contributed by atoms with Gasteiger partial charge in [-0.1, -0.05) is 6.07 Å². The zero-order valence-corrected chi connectivity index (χ0v) is 7.93. The van der Waals surface area contributed by atoms with Gasteiger partial charge in [-0.15, -0.1) is 0 Å². The third-order valence-electron chi connectivity index (χ3n) is 1.28. The minimum atomic E-state index is -1.02. The Balaban J connectivity index is 2.91. The fourth-order valence-electron chi connectivity index (χ4n) is 0.785. The fourth-order valence-corrected chi connectivity index (χ4v) is 0.971. The van der Waals surface area contributed by atoms with Crippen LogP contribution >= 0.6 is 23.8 Å². The SMILES string of the molecule is O=C(O)c1cccc(OC(=S)Cl)c1. The summed E-state index contributed by atoms with van der Waals surface area (Å²) >= 11 is 9.79. The molecule has 68 valence electrons. The molecular formula is C8H5ClO3S. The Morgan fingerprint density at radius 1 is 1.54 bits per heavy atom. The summed E-state index contributed by atoms with van der Waals surface area (Å²) in [7, 11) is 0.